The fraction of sp³-hybridized carbons (Fsp3) is 0.278. The van der Waals surface area contributed by atoms with E-state index in [9.17, 15) is 0 Å². The summed E-state index contributed by atoms with van der Waals surface area (Å²) < 4.78 is 11.1. The van der Waals surface area contributed by atoms with E-state index in [1.165, 1.54) is 0 Å². The summed E-state index contributed by atoms with van der Waals surface area (Å²) in [6, 6.07) is 12.6. The lowest BCUT2D eigenvalue weighted by molar-refractivity contribution is 0.415. The van der Waals surface area contributed by atoms with Crippen LogP contribution in [-0.4, -0.2) is 13.0 Å². The predicted octanol–water partition coefficient (Wildman–Crippen LogP) is 6.16. The lowest BCUT2D eigenvalue weighted by Gasteiger charge is -2.22. The molecule has 2 aromatic carbocycles. The molecule has 0 heterocycles. The summed E-state index contributed by atoms with van der Waals surface area (Å²) in [6.45, 7) is 6.08. The van der Waals surface area contributed by atoms with Crippen molar-refractivity contribution in [1.82, 2.24) is 0 Å². The fourth-order valence-corrected chi connectivity index (χ4v) is 2.23. The third-order valence-electron chi connectivity index (χ3n) is 3.05. The number of ether oxygens (including phenoxy) is 2. The molecule has 122 valence electrons. The Labute approximate surface area is 146 Å². The highest BCUT2D eigenvalue weighted by molar-refractivity contribution is 6.35. The molecular weight excluding hydrogens is 333 g/mol. The fourth-order valence-electron chi connectivity index (χ4n) is 1.78. The summed E-state index contributed by atoms with van der Waals surface area (Å²) in [5.41, 5.74) is 0.490. The van der Waals surface area contributed by atoms with Crippen molar-refractivity contribution in [2.24, 2.45) is 10.4 Å². The Morgan fingerprint density at radius 3 is 2.17 bits per heavy atom. The minimum atomic E-state index is -0.289. The maximum absolute atomic E-state index is 6.19. The molecule has 0 aromatic heterocycles. The van der Waals surface area contributed by atoms with Crippen LogP contribution in [0, 0.1) is 5.41 Å². The Bertz CT molecular complexity index is 704. The Kier molecular flexibility index (Phi) is 5.55. The number of aliphatic imine (C=N–C) groups is 1. The van der Waals surface area contributed by atoms with Gasteiger partial charge >= 0.3 is 0 Å². The first-order valence-electron chi connectivity index (χ1n) is 7.16. The zero-order chi connectivity index (χ0) is 17.0. The third kappa shape index (κ3) is 4.88. The van der Waals surface area contributed by atoms with Crippen molar-refractivity contribution in [2.75, 3.05) is 7.11 Å². The van der Waals surface area contributed by atoms with E-state index in [0.29, 0.717) is 21.7 Å². The maximum Gasteiger partial charge on any atom is 0.200 e. The highest BCUT2D eigenvalue weighted by atomic mass is 35.5. The molecule has 0 saturated carbocycles. The third-order valence-corrected chi connectivity index (χ3v) is 3.58. The van der Waals surface area contributed by atoms with Gasteiger partial charge in [0.05, 0.1) is 17.8 Å². The molecule has 0 radical (unpaired) electrons. The molecule has 0 aliphatic carbocycles. The van der Waals surface area contributed by atoms with E-state index in [4.69, 9.17) is 32.7 Å². The van der Waals surface area contributed by atoms with Gasteiger partial charge in [0.1, 0.15) is 11.5 Å². The second-order valence-corrected chi connectivity index (χ2v) is 6.89. The van der Waals surface area contributed by atoms with Gasteiger partial charge < -0.3 is 9.47 Å². The topological polar surface area (TPSA) is 30.8 Å². The van der Waals surface area contributed by atoms with E-state index in [1.54, 1.807) is 25.3 Å². The second kappa shape index (κ2) is 7.24. The molecule has 0 saturated heterocycles. The molecule has 0 aliphatic heterocycles. The Morgan fingerprint density at radius 1 is 1.00 bits per heavy atom. The van der Waals surface area contributed by atoms with Gasteiger partial charge in [0.2, 0.25) is 5.90 Å². The first-order chi connectivity index (χ1) is 10.8. The average Bonchev–Trinajstić information content (AvgIpc) is 2.48. The normalized spacial score (nSPS) is 12.2. The number of hydrogen-bond donors (Lipinski definition) is 0. The van der Waals surface area contributed by atoms with E-state index < -0.39 is 0 Å². The van der Waals surface area contributed by atoms with Crippen LogP contribution in [0.2, 0.25) is 10.0 Å². The molecule has 0 spiro atoms. The van der Waals surface area contributed by atoms with Crippen molar-refractivity contribution < 1.29 is 9.47 Å². The SMILES string of the molecule is COc1ccc(N=C(Oc2ccc(Cl)cc2Cl)C(C)(C)C)cc1. The highest BCUT2D eigenvalue weighted by Crippen LogP contribution is 2.31. The molecule has 0 unspecified atom stereocenters. The zero-order valence-corrected chi connectivity index (χ0v) is 15.1. The quantitative estimate of drug-likeness (QED) is 0.489. The number of benzene rings is 2. The number of nitrogens with zero attached hydrogens (tertiary/aromatic N) is 1. The molecule has 0 bridgehead atoms. The highest BCUT2D eigenvalue weighted by Gasteiger charge is 2.23. The van der Waals surface area contributed by atoms with E-state index in [-0.39, 0.29) is 5.41 Å². The number of rotatable bonds is 3. The molecule has 0 N–H and O–H groups in total. The predicted molar refractivity (Wildman–Crippen MR) is 96.6 cm³/mol. The smallest absolute Gasteiger partial charge is 0.200 e. The van der Waals surface area contributed by atoms with Crippen molar-refractivity contribution in [3.05, 3.63) is 52.5 Å². The van der Waals surface area contributed by atoms with Crippen molar-refractivity contribution in [3.8, 4) is 11.5 Å². The van der Waals surface area contributed by atoms with Crippen molar-refractivity contribution in [3.63, 3.8) is 0 Å². The first kappa shape index (κ1) is 17.6. The maximum atomic E-state index is 6.19. The van der Waals surface area contributed by atoms with Crippen LogP contribution in [0.3, 0.4) is 0 Å². The Hall–Kier alpha value is -1.71. The van der Waals surface area contributed by atoms with Gasteiger partial charge in [0, 0.05) is 10.4 Å². The summed E-state index contributed by atoms with van der Waals surface area (Å²) in [5.74, 6) is 1.87. The lowest BCUT2D eigenvalue weighted by atomic mass is 9.96. The van der Waals surface area contributed by atoms with Crippen LogP contribution < -0.4 is 9.47 Å². The van der Waals surface area contributed by atoms with Crippen LogP contribution in [0.25, 0.3) is 0 Å². The zero-order valence-electron chi connectivity index (χ0n) is 13.6. The average molecular weight is 352 g/mol. The molecule has 3 nitrogen and oxygen atoms in total. The Morgan fingerprint density at radius 2 is 1.65 bits per heavy atom. The van der Waals surface area contributed by atoms with Gasteiger partial charge in [0.25, 0.3) is 0 Å². The summed E-state index contributed by atoms with van der Waals surface area (Å²) in [4.78, 5) is 4.61. The molecule has 0 amide bonds. The van der Waals surface area contributed by atoms with Crippen LogP contribution in [0.5, 0.6) is 11.5 Å². The van der Waals surface area contributed by atoms with E-state index in [2.05, 4.69) is 4.99 Å². The van der Waals surface area contributed by atoms with Gasteiger partial charge in [-0.05, 0) is 42.5 Å². The van der Waals surface area contributed by atoms with Gasteiger partial charge in [-0.3, -0.25) is 0 Å². The first-order valence-corrected chi connectivity index (χ1v) is 7.91. The molecule has 0 aliphatic rings. The van der Waals surface area contributed by atoms with Crippen LogP contribution in [-0.2, 0) is 0 Å². The van der Waals surface area contributed by atoms with Crippen LogP contribution >= 0.6 is 23.2 Å². The number of halogens is 2. The van der Waals surface area contributed by atoms with Crippen molar-refractivity contribution in [1.29, 1.82) is 0 Å². The second-order valence-electron chi connectivity index (χ2n) is 6.04. The molecule has 23 heavy (non-hydrogen) atoms. The van der Waals surface area contributed by atoms with Gasteiger partial charge in [-0.1, -0.05) is 44.0 Å². The van der Waals surface area contributed by atoms with Gasteiger partial charge in [-0.15, -0.1) is 0 Å². The van der Waals surface area contributed by atoms with E-state index in [1.807, 2.05) is 45.0 Å². The summed E-state index contributed by atoms with van der Waals surface area (Å²) in [5, 5.41) is 1.01. The summed E-state index contributed by atoms with van der Waals surface area (Å²) in [6.07, 6.45) is 0. The van der Waals surface area contributed by atoms with Gasteiger partial charge in [0.15, 0.2) is 0 Å². The largest absolute Gasteiger partial charge is 0.497 e. The Balaban J connectivity index is 2.34. The molecule has 5 heteroatoms. The monoisotopic (exact) mass is 351 g/mol. The van der Waals surface area contributed by atoms with Gasteiger partial charge in [-0.2, -0.15) is 0 Å². The molecule has 2 rings (SSSR count). The lowest BCUT2D eigenvalue weighted by Crippen LogP contribution is -2.26. The standard InChI is InChI=1S/C18H19Cl2NO2/c1-18(2,3)17(21-13-6-8-14(22-4)9-7-13)23-16-10-5-12(19)11-15(16)20/h5-11H,1-4H3. The van der Waals surface area contributed by atoms with Crippen LogP contribution in [0.4, 0.5) is 5.69 Å². The van der Waals surface area contributed by atoms with E-state index in [0.717, 1.165) is 11.4 Å². The van der Waals surface area contributed by atoms with Crippen molar-refractivity contribution >= 4 is 34.8 Å². The number of hydrogen-bond acceptors (Lipinski definition) is 3. The molecule has 2 aromatic rings. The summed E-state index contributed by atoms with van der Waals surface area (Å²) in [7, 11) is 1.63. The summed E-state index contributed by atoms with van der Waals surface area (Å²) >= 11 is 12.1. The number of methoxy groups -OCH3 is 1. The molecule has 0 atom stereocenters. The van der Waals surface area contributed by atoms with E-state index >= 15 is 0 Å². The van der Waals surface area contributed by atoms with Crippen LogP contribution in [0.15, 0.2) is 47.5 Å². The minimum absolute atomic E-state index is 0.289. The molecule has 0 fully saturated rings. The van der Waals surface area contributed by atoms with Gasteiger partial charge in [-0.25, -0.2) is 4.99 Å². The minimum Gasteiger partial charge on any atom is -0.497 e. The molecular formula is C18H19Cl2NO2. The van der Waals surface area contributed by atoms with Crippen LogP contribution in [0.1, 0.15) is 20.8 Å². The van der Waals surface area contributed by atoms with Crippen molar-refractivity contribution in [2.45, 2.75) is 20.8 Å².